The predicted octanol–water partition coefficient (Wildman–Crippen LogP) is 11.2. The molecule has 4 aromatic carbocycles. The Morgan fingerprint density at radius 1 is 0.472 bits per heavy atom. The van der Waals surface area contributed by atoms with Crippen molar-refractivity contribution in [2.24, 2.45) is 0 Å². The molecule has 4 rings (SSSR count). The molecule has 0 heterocycles. The Morgan fingerprint density at radius 3 is 1.75 bits per heavy atom. The van der Waals surface area contributed by atoms with E-state index in [0.29, 0.717) is 62.9 Å². The van der Waals surface area contributed by atoms with E-state index in [1.54, 1.807) is 83.0 Å². The quantitative estimate of drug-likeness (QED) is 0.197. The van der Waals surface area contributed by atoms with Gasteiger partial charge in [-0.2, -0.15) is 10.2 Å². The van der Waals surface area contributed by atoms with Crippen LogP contribution in [-0.2, 0) is 0 Å². The first-order valence-corrected chi connectivity index (χ1v) is 13.1. The molecule has 0 aliphatic carbocycles. The molecule has 12 heteroatoms. The minimum absolute atomic E-state index is 0.316. The molecule has 0 aliphatic rings. The molecule has 0 aliphatic heterocycles. The van der Waals surface area contributed by atoms with Crippen LogP contribution in [0.2, 0.25) is 40.2 Å². The number of hydrogen-bond acceptors (Lipinski definition) is 4. The van der Waals surface area contributed by atoms with Crippen molar-refractivity contribution in [1.82, 2.24) is 0 Å². The summed E-state index contributed by atoms with van der Waals surface area (Å²) < 4.78 is 0. The molecule has 36 heavy (non-hydrogen) atoms. The van der Waals surface area contributed by atoms with E-state index in [9.17, 15) is 0 Å². The lowest BCUT2D eigenvalue weighted by Crippen LogP contribution is -2.50. The number of anilines is 4. The molecule has 0 bridgehead atoms. The Bertz CT molecular complexity index is 1370. The summed E-state index contributed by atoms with van der Waals surface area (Å²) in [6.07, 6.45) is 0. The molecule has 0 radical (unpaired) electrons. The fraction of sp³-hybridized carbons (Fsp3) is 0. The van der Waals surface area contributed by atoms with Gasteiger partial charge < -0.3 is 0 Å². The SMILES string of the molecule is Clc1cc(Cl)cc(NN(c2ccc(Cl)c(Cl)c2)N(Nc2cc(Cl)ccc2Cl)c2c(Cl)cccc2Cl)c1. The molecule has 0 saturated heterocycles. The van der Waals surface area contributed by atoms with Crippen LogP contribution in [0.1, 0.15) is 0 Å². The first kappa shape index (κ1) is 27.4. The van der Waals surface area contributed by atoms with Crippen LogP contribution >= 0.6 is 92.8 Å². The van der Waals surface area contributed by atoms with Gasteiger partial charge in [0, 0.05) is 15.1 Å². The van der Waals surface area contributed by atoms with Gasteiger partial charge in [-0.25, -0.2) is 0 Å². The minimum atomic E-state index is 0.316. The first-order chi connectivity index (χ1) is 17.1. The van der Waals surface area contributed by atoms with E-state index in [1.807, 2.05) is 0 Å². The van der Waals surface area contributed by atoms with Crippen molar-refractivity contribution in [3.8, 4) is 0 Å². The molecule has 0 atom stereocenters. The zero-order valence-corrected chi connectivity index (χ0v) is 23.9. The molecular formula is C24H14Cl8N4. The lowest BCUT2D eigenvalue weighted by molar-refractivity contribution is 0.863. The van der Waals surface area contributed by atoms with Crippen molar-refractivity contribution in [2.75, 3.05) is 21.1 Å². The smallest absolute Gasteiger partial charge is 0.120 e. The van der Waals surface area contributed by atoms with Crippen LogP contribution in [0, 0.1) is 0 Å². The van der Waals surface area contributed by atoms with E-state index in [4.69, 9.17) is 92.8 Å². The second-order valence-corrected chi connectivity index (χ2v) is 10.6. The average molecular weight is 642 g/mol. The van der Waals surface area contributed by atoms with Crippen LogP contribution in [0.5, 0.6) is 0 Å². The van der Waals surface area contributed by atoms with Crippen molar-refractivity contribution >= 4 is 116 Å². The predicted molar refractivity (Wildman–Crippen MR) is 158 cm³/mol. The van der Waals surface area contributed by atoms with Crippen LogP contribution in [0.15, 0.2) is 72.8 Å². The third-order valence-corrected chi connectivity index (χ3v) is 7.10. The third kappa shape index (κ3) is 6.45. The van der Waals surface area contributed by atoms with E-state index >= 15 is 0 Å². The summed E-state index contributed by atoms with van der Waals surface area (Å²) in [6, 6.07) is 20.2. The highest BCUT2D eigenvalue weighted by atomic mass is 35.5. The zero-order chi connectivity index (χ0) is 26.0. The maximum Gasteiger partial charge on any atom is 0.120 e. The van der Waals surface area contributed by atoms with Gasteiger partial charge in [0.1, 0.15) is 5.69 Å². The highest BCUT2D eigenvalue weighted by molar-refractivity contribution is 6.42. The Balaban J connectivity index is 1.93. The van der Waals surface area contributed by atoms with Gasteiger partial charge >= 0.3 is 0 Å². The number of nitrogens with zero attached hydrogens (tertiary/aromatic N) is 2. The minimum Gasteiger partial charge on any atom is -0.278 e. The molecule has 0 aromatic heterocycles. The summed E-state index contributed by atoms with van der Waals surface area (Å²) in [5.74, 6) is 0. The fourth-order valence-electron chi connectivity index (χ4n) is 3.18. The van der Waals surface area contributed by atoms with E-state index in [1.165, 1.54) is 0 Å². The average Bonchev–Trinajstić information content (AvgIpc) is 2.80. The van der Waals surface area contributed by atoms with E-state index in [-0.39, 0.29) is 0 Å². The number of benzene rings is 4. The lowest BCUT2D eigenvalue weighted by Gasteiger charge is -2.39. The zero-order valence-electron chi connectivity index (χ0n) is 17.8. The molecule has 0 spiro atoms. The normalized spacial score (nSPS) is 10.8. The van der Waals surface area contributed by atoms with Crippen molar-refractivity contribution < 1.29 is 0 Å². The van der Waals surface area contributed by atoms with Crippen LogP contribution in [-0.4, -0.2) is 0 Å². The van der Waals surface area contributed by atoms with Gasteiger partial charge in [-0.3, -0.25) is 10.9 Å². The van der Waals surface area contributed by atoms with Crippen LogP contribution < -0.4 is 21.1 Å². The molecule has 4 aromatic rings. The maximum atomic E-state index is 6.63. The van der Waals surface area contributed by atoms with Crippen molar-refractivity contribution in [3.05, 3.63) is 113 Å². The number of rotatable bonds is 7. The first-order valence-electron chi connectivity index (χ1n) is 10.1. The molecular weight excluding hydrogens is 628 g/mol. The molecule has 0 saturated carbocycles. The standard InChI is InChI=1S/C24H14Cl8N4/c25-13-4-6-19(29)23(11-13)34-36(24-20(30)2-1-3-21(24)31)35(17-5-7-18(28)22(32)12-17)33-16-9-14(26)8-15(27)10-16/h1-12,33-34H. The number of hydrazine groups is 3. The number of hydrogen-bond donors (Lipinski definition) is 2. The Labute approximate surface area is 248 Å². The van der Waals surface area contributed by atoms with Crippen molar-refractivity contribution in [3.63, 3.8) is 0 Å². The second kappa shape index (κ2) is 11.8. The molecule has 4 nitrogen and oxygen atoms in total. The van der Waals surface area contributed by atoms with E-state index in [0.717, 1.165) is 0 Å². The number of halogens is 8. The Kier molecular flexibility index (Phi) is 9.03. The highest BCUT2D eigenvalue weighted by Gasteiger charge is 2.25. The summed E-state index contributed by atoms with van der Waals surface area (Å²) in [7, 11) is 0. The molecule has 0 unspecified atom stereocenters. The monoisotopic (exact) mass is 638 g/mol. The van der Waals surface area contributed by atoms with Gasteiger partial charge in [-0.15, -0.1) is 0 Å². The van der Waals surface area contributed by atoms with Gasteiger partial charge in [-0.05, 0) is 66.7 Å². The largest absolute Gasteiger partial charge is 0.278 e. The van der Waals surface area contributed by atoms with Gasteiger partial charge in [0.2, 0.25) is 0 Å². The number of nitrogens with one attached hydrogen (secondary N) is 2. The molecule has 2 N–H and O–H groups in total. The summed E-state index contributed by atoms with van der Waals surface area (Å²) in [5.41, 5.74) is 8.45. The maximum absolute atomic E-state index is 6.63. The highest BCUT2D eigenvalue weighted by Crippen LogP contribution is 2.39. The van der Waals surface area contributed by atoms with Gasteiger partial charge in [-0.1, -0.05) is 98.9 Å². The van der Waals surface area contributed by atoms with Gasteiger partial charge in [0.25, 0.3) is 0 Å². The van der Waals surface area contributed by atoms with Crippen molar-refractivity contribution in [2.45, 2.75) is 0 Å². The summed E-state index contributed by atoms with van der Waals surface area (Å²) in [6.45, 7) is 0. The van der Waals surface area contributed by atoms with Crippen LogP contribution in [0.25, 0.3) is 0 Å². The van der Waals surface area contributed by atoms with Crippen LogP contribution in [0.4, 0.5) is 22.7 Å². The Hall–Kier alpha value is -1.60. The van der Waals surface area contributed by atoms with E-state index < -0.39 is 0 Å². The Morgan fingerprint density at radius 2 is 1.11 bits per heavy atom. The number of para-hydroxylation sites is 1. The third-order valence-electron chi connectivity index (χ3n) is 4.75. The molecule has 0 fully saturated rings. The van der Waals surface area contributed by atoms with E-state index in [2.05, 4.69) is 10.9 Å². The summed E-state index contributed by atoms with van der Waals surface area (Å²) in [4.78, 5) is 0. The van der Waals surface area contributed by atoms with Gasteiger partial charge in [0.15, 0.2) is 0 Å². The molecule has 186 valence electrons. The fourth-order valence-corrected chi connectivity index (χ4v) is 4.89. The summed E-state index contributed by atoms with van der Waals surface area (Å²) in [5, 5.41) is 6.21. The second-order valence-electron chi connectivity index (χ2n) is 7.30. The topological polar surface area (TPSA) is 30.5 Å². The van der Waals surface area contributed by atoms with Gasteiger partial charge in [0.05, 0.1) is 42.2 Å². The molecule has 0 amide bonds. The van der Waals surface area contributed by atoms with Crippen molar-refractivity contribution in [1.29, 1.82) is 0 Å². The summed E-state index contributed by atoms with van der Waals surface area (Å²) >= 11 is 51.1. The van der Waals surface area contributed by atoms with Crippen LogP contribution in [0.3, 0.4) is 0 Å². The lowest BCUT2D eigenvalue weighted by atomic mass is 10.3.